The Kier molecular flexibility index (Phi) is 6.34. The van der Waals surface area contributed by atoms with Gasteiger partial charge < -0.3 is 10.6 Å². The molecule has 31 heavy (non-hydrogen) atoms. The van der Waals surface area contributed by atoms with Crippen LogP contribution in [0.1, 0.15) is 36.6 Å². The highest BCUT2D eigenvalue weighted by Gasteiger charge is 2.19. The van der Waals surface area contributed by atoms with Crippen molar-refractivity contribution in [2.45, 2.75) is 40.7 Å². The average Bonchev–Trinajstić information content (AvgIpc) is 2.68. The lowest BCUT2D eigenvalue weighted by atomic mass is 10.1. The zero-order valence-electron chi connectivity index (χ0n) is 18.3. The molecule has 0 saturated carbocycles. The monoisotopic (exact) mass is 418 g/mol. The van der Waals surface area contributed by atoms with Crippen molar-refractivity contribution in [1.82, 2.24) is 9.78 Å². The van der Waals surface area contributed by atoms with Crippen molar-refractivity contribution in [1.29, 1.82) is 0 Å². The fourth-order valence-electron chi connectivity index (χ4n) is 3.37. The maximum Gasteiger partial charge on any atom is 0.267 e. The summed E-state index contributed by atoms with van der Waals surface area (Å²) in [6.45, 7) is 8.88. The lowest BCUT2D eigenvalue weighted by Crippen LogP contribution is -2.33. The maximum atomic E-state index is 12.8. The Morgan fingerprint density at radius 3 is 2.26 bits per heavy atom. The fraction of sp³-hybridized carbons (Fsp3) is 0.250. The first-order valence-electron chi connectivity index (χ1n) is 10.0. The second-order valence-corrected chi connectivity index (χ2v) is 7.75. The molecular weight excluding hydrogens is 392 g/mol. The Balaban J connectivity index is 1.91. The summed E-state index contributed by atoms with van der Waals surface area (Å²) in [5.74, 6) is -0.505. The van der Waals surface area contributed by atoms with Crippen LogP contribution in [-0.4, -0.2) is 21.6 Å². The van der Waals surface area contributed by atoms with E-state index in [4.69, 9.17) is 0 Å². The van der Waals surface area contributed by atoms with E-state index in [1.54, 1.807) is 19.1 Å². The Morgan fingerprint density at radius 1 is 0.935 bits per heavy atom. The quantitative estimate of drug-likeness (QED) is 0.655. The van der Waals surface area contributed by atoms with Gasteiger partial charge in [0.15, 0.2) is 0 Å². The number of rotatable bonds is 5. The lowest BCUT2D eigenvalue weighted by Gasteiger charge is -2.16. The molecule has 7 nitrogen and oxygen atoms in total. The van der Waals surface area contributed by atoms with Gasteiger partial charge in [0.25, 0.3) is 5.56 Å². The predicted molar refractivity (Wildman–Crippen MR) is 122 cm³/mol. The van der Waals surface area contributed by atoms with Gasteiger partial charge in [0, 0.05) is 29.9 Å². The van der Waals surface area contributed by atoms with E-state index in [1.165, 1.54) is 17.7 Å². The van der Waals surface area contributed by atoms with Crippen LogP contribution >= 0.6 is 0 Å². The molecule has 2 aromatic carbocycles. The predicted octanol–water partition coefficient (Wildman–Crippen LogP) is 3.99. The van der Waals surface area contributed by atoms with Crippen molar-refractivity contribution in [3.8, 4) is 11.3 Å². The number of nitrogens with zero attached hydrogens (tertiary/aromatic N) is 2. The number of hydrogen-bond donors (Lipinski definition) is 2. The van der Waals surface area contributed by atoms with Gasteiger partial charge in [-0.1, -0.05) is 18.2 Å². The highest BCUT2D eigenvalue weighted by molar-refractivity contribution is 5.93. The van der Waals surface area contributed by atoms with Gasteiger partial charge in [0.1, 0.15) is 6.04 Å². The number of carbonyl (C=O) groups excluding carboxylic acids is 2. The maximum absolute atomic E-state index is 12.8. The summed E-state index contributed by atoms with van der Waals surface area (Å²) < 4.78 is 1.17. The van der Waals surface area contributed by atoms with E-state index < -0.39 is 6.04 Å². The number of amides is 2. The van der Waals surface area contributed by atoms with Crippen molar-refractivity contribution < 1.29 is 9.59 Å². The Labute approximate surface area is 181 Å². The number of aryl methyl sites for hydroxylation is 3. The van der Waals surface area contributed by atoms with Gasteiger partial charge in [-0.3, -0.25) is 14.4 Å². The molecule has 160 valence electrons. The van der Waals surface area contributed by atoms with E-state index in [1.807, 2.05) is 51.1 Å². The van der Waals surface area contributed by atoms with Gasteiger partial charge in [0.2, 0.25) is 11.8 Å². The molecule has 2 amide bonds. The van der Waals surface area contributed by atoms with Crippen molar-refractivity contribution in [2.24, 2.45) is 0 Å². The highest BCUT2D eigenvalue weighted by atomic mass is 16.2. The molecule has 1 aromatic heterocycles. The van der Waals surface area contributed by atoms with Crippen LogP contribution in [0.5, 0.6) is 0 Å². The summed E-state index contributed by atoms with van der Waals surface area (Å²) in [7, 11) is 0. The van der Waals surface area contributed by atoms with Crippen LogP contribution in [0, 0.1) is 20.8 Å². The molecule has 1 unspecified atom stereocenters. The first kappa shape index (κ1) is 22.0. The molecule has 1 heterocycles. The Hall–Kier alpha value is -3.74. The number of carbonyl (C=O) groups is 2. The number of anilines is 2. The third-order valence-corrected chi connectivity index (χ3v) is 4.90. The topological polar surface area (TPSA) is 93.1 Å². The highest BCUT2D eigenvalue weighted by Crippen LogP contribution is 2.24. The molecule has 0 saturated heterocycles. The average molecular weight is 418 g/mol. The fourth-order valence-corrected chi connectivity index (χ4v) is 3.37. The molecule has 0 spiro atoms. The van der Waals surface area contributed by atoms with E-state index in [9.17, 15) is 14.4 Å². The molecule has 2 N–H and O–H groups in total. The van der Waals surface area contributed by atoms with E-state index in [-0.39, 0.29) is 17.4 Å². The molecule has 3 aromatic rings. The van der Waals surface area contributed by atoms with Gasteiger partial charge in [-0.15, -0.1) is 0 Å². The third kappa shape index (κ3) is 5.25. The number of hydrogen-bond acceptors (Lipinski definition) is 4. The lowest BCUT2D eigenvalue weighted by molar-refractivity contribution is -0.119. The second-order valence-electron chi connectivity index (χ2n) is 7.75. The van der Waals surface area contributed by atoms with Gasteiger partial charge in [-0.05, 0) is 68.7 Å². The van der Waals surface area contributed by atoms with E-state index in [0.717, 1.165) is 22.3 Å². The van der Waals surface area contributed by atoms with Gasteiger partial charge >= 0.3 is 0 Å². The SMILES string of the molecule is CC(=O)Nc1cc(-c2ccc(=O)n(C(C)C(=O)Nc3cc(C)cc(C)c3)n2)ccc1C. The molecule has 0 radical (unpaired) electrons. The van der Waals surface area contributed by atoms with Crippen LogP contribution in [0.25, 0.3) is 11.3 Å². The van der Waals surface area contributed by atoms with Crippen LogP contribution in [0.15, 0.2) is 53.3 Å². The molecule has 0 bridgehead atoms. The molecule has 1 atom stereocenters. The molecule has 0 fully saturated rings. The van der Waals surface area contributed by atoms with Gasteiger partial charge in [-0.25, -0.2) is 4.68 Å². The Bertz CT molecular complexity index is 1190. The van der Waals surface area contributed by atoms with E-state index in [2.05, 4.69) is 15.7 Å². The normalized spacial score (nSPS) is 11.6. The zero-order chi connectivity index (χ0) is 22.7. The Morgan fingerprint density at radius 2 is 1.61 bits per heavy atom. The van der Waals surface area contributed by atoms with Crippen molar-refractivity contribution in [3.05, 3.63) is 75.6 Å². The molecule has 7 heteroatoms. The van der Waals surface area contributed by atoms with Crippen LogP contribution in [0.2, 0.25) is 0 Å². The largest absolute Gasteiger partial charge is 0.326 e. The second kappa shape index (κ2) is 8.95. The van der Waals surface area contributed by atoms with Gasteiger partial charge in [-0.2, -0.15) is 5.10 Å². The summed E-state index contributed by atoms with van der Waals surface area (Å²) in [5, 5.41) is 10.1. The zero-order valence-corrected chi connectivity index (χ0v) is 18.3. The molecule has 0 aliphatic carbocycles. The number of aromatic nitrogens is 2. The standard InChI is InChI=1S/C24H26N4O3/c1-14-10-15(2)12-20(11-14)26-24(31)17(4)28-23(30)9-8-21(27-28)19-7-6-16(3)22(13-19)25-18(5)29/h6-13,17H,1-5H3,(H,25,29)(H,26,31). The molecule has 0 aliphatic rings. The van der Waals surface area contributed by atoms with Crippen LogP contribution in [0.3, 0.4) is 0 Å². The van der Waals surface area contributed by atoms with Crippen molar-refractivity contribution in [3.63, 3.8) is 0 Å². The van der Waals surface area contributed by atoms with Crippen molar-refractivity contribution >= 4 is 23.2 Å². The smallest absolute Gasteiger partial charge is 0.267 e. The molecule has 3 rings (SSSR count). The van der Waals surface area contributed by atoms with Crippen molar-refractivity contribution in [2.75, 3.05) is 10.6 Å². The number of benzene rings is 2. The molecule has 0 aliphatic heterocycles. The van der Waals surface area contributed by atoms with Gasteiger partial charge in [0.05, 0.1) is 5.69 Å². The minimum Gasteiger partial charge on any atom is -0.326 e. The summed E-state index contributed by atoms with van der Waals surface area (Å²) >= 11 is 0. The summed E-state index contributed by atoms with van der Waals surface area (Å²) in [6.07, 6.45) is 0. The summed E-state index contributed by atoms with van der Waals surface area (Å²) in [6, 6.07) is 13.5. The third-order valence-electron chi connectivity index (χ3n) is 4.90. The summed E-state index contributed by atoms with van der Waals surface area (Å²) in [4.78, 5) is 36.7. The van der Waals surface area contributed by atoms with E-state index >= 15 is 0 Å². The molecular formula is C24H26N4O3. The minimum absolute atomic E-state index is 0.171. The van der Waals surface area contributed by atoms with Crippen LogP contribution in [0.4, 0.5) is 11.4 Å². The van der Waals surface area contributed by atoms with Crippen LogP contribution in [-0.2, 0) is 9.59 Å². The minimum atomic E-state index is -0.812. The van der Waals surface area contributed by atoms with Crippen LogP contribution < -0.4 is 16.2 Å². The first-order valence-corrected chi connectivity index (χ1v) is 10.0. The summed E-state index contributed by atoms with van der Waals surface area (Å²) in [5.41, 5.74) is 5.21. The van der Waals surface area contributed by atoms with E-state index in [0.29, 0.717) is 17.1 Å². The first-order chi connectivity index (χ1) is 14.6. The number of nitrogens with one attached hydrogen (secondary N) is 2.